The summed E-state index contributed by atoms with van der Waals surface area (Å²) in [5, 5.41) is 0. The predicted octanol–water partition coefficient (Wildman–Crippen LogP) is 1.43. The average molecular weight is 272 g/mol. The number of nitrogens with zero attached hydrogens (tertiary/aromatic N) is 1. The first kappa shape index (κ1) is 14.9. The van der Waals surface area contributed by atoms with E-state index in [1.807, 2.05) is 13.8 Å². The zero-order chi connectivity index (χ0) is 13.8. The van der Waals surface area contributed by atoms with E-state index in [1.54, 1.807) is 6.92 Å². The molecule has 1 unspecified atom stereocenters. The third-order valence-corrected chi connectivity index (χ3v) is 4.93. The molecule has 5 nitrogen and oxygen atoms in total. The van der Waals surface area contributed by atoms with Gasteiger partial charge in [-0.25, -0.2) is 8.42 Å². The molecule has 0 aliphatic rings. The third kappa shape index (κ3) is 3.20. The van der Waals surface area contributed by atoms with Crippen molar-refractivity contribution in [2.24, 2.45) is 5.92 Å². The fourth-order valence-electron chi connectivity index (χ4n) is 1.62. The molecule has 1 heterocycles. The Kier molecular flexibility index (Phi) is 5.10. The van der Waals surface area contributed by atoms with E-state index in [9.17, 15) is 13.2 Å². The molecule has 1 aromatic heterocycles. The smallest absolute Gasteiger partial charge is 0.248 e. The molecule has 1 aromatic rings. The highest BCUT2D eigenvalue weighted by atomic mass is 32.2. The van der Waals surface area contributed by atoms with Gasteiger partial charge in [0.05, 0.1) is 0 Å². The molecule has 0 aliphatic carbocycles. The van der Waals surface area contributed by atoms with Gasteiger partial charge in [-0.2, -0.15) is 4.31 Å². The van der Waals surface area contributed by atoms with Gasteiger partial charge in [0.25, 0.3) is 0 Å². The SMILES string of the molecule is CCC(C)CN(CC)S(=O)(=O)c1c[nH]ccc1=O. The number of sulfonamides is 1. The molecule has 1 atom stereocenters. The zero-order valence-electron chi connectivity index (χ0n) is 11.0. The van der Waals surface area contributed by atoms with Crippen LogP contribution < -0.4 is 5.43 Å². The van der Waals surface area contributed by atoms with Crippen molar-refractivity contribution in [2.75, 3.05) is 13.1 Å². The number of hydrogen-bond donors (Lipinski definition) is 1. The molecular formula is C12H20N2O3S. The topological polar surface area (TPSA) is 70.2 Å². The van der Waals surface area contributed by atoms with E-state index < -0.39 is 15.5 Å². The Morgan fingerprint density at radius 1 is 1.39 bits per heavy atom. The van der Waals surface area contributed by atoms with Crippen molar-refractivity contribution in [1.82, 2.24) is 9.29 Å². The molecular weight excluding hydrogens is 252 g/mol. The minimum absolute atomic E-state index is 0.185. The molecule has 18 heavy (non-hydrogen) atoms. The number of pyridine rings is 1. The molecule has 0 bridgehead atoms. The minimum Gasteiger partial charge on any atom is -0.366 e. The van der Waals surface area contributed by atoms with E-state index in [2.05, 4.69) is 4.98 Å². The Labute approximate surface area is 108 Å². The fourth-order valence-corrected chi connectivity index (χ4v) is 3.22. The van der Waals surface area contributed by atoms with Crippen molar-refractivity contribution in [3.8, 4) is 0 Å². The molecule has 102 valence electrons. The summed E-state index contributed by atoms with van der Waals surface area (Å²) in [4.78, 5) is 14.1. The Morgan fingerprint density at radius 2 is 2.06 bits per heavy atom. The van der Waals surface area contributed by atoms with Gasteiger partial charge in [0.15, 0.2) is 0 Å². The second-order valence-corrected chi connectivity index (χ2v) is 6.25. The van der Waals surface area contributed by atoms with Crippen molar-refractivity contribution in [2.45, 2.75) is 32.1 Å². The highest BCUT2D eigenvalue weighted by molar-refractivity contribution is 7.89. The third-order valence-electron chi connectivity index (χ3n) is 2.97. The van der Waals surface area contributed by atoms with Gasteiger partial charge in [0.2, 0.25) is 15.5 Å². The zero-order valence-corrected chi connectivity index (χ0v) is 11.8. The maximum atomic E-state index is 12.3. The number of aromatic nitrogens is 1. The van der Waals surface area contributed by atoms with E-state index in [1.165, 1.54) is 22.8 Å². The quantitative estimate of drug-likeness (QED) is 0.851. The summed E-state index contributed by atoms with van der Waals surface area (Å²) in [6.45, 7) is 6.58. The van der Waals surface area contributed by atoms with Gasteiger partial charge in [-0.3, -0.25) is 4.79 Å². The van der Waals surface area contributed by atoms with Crippen LogP contribution in [0.25, 0.3) is 0 Å². The average Bonchev–Trinajstić information content (AvgIpc) is 2.35. The van der Waals surface area contributed by atoms with Gasteiger partial charge in [0, 0.05) is 31.5 Å². The lowest BCUT2D eigenvalue weighted by Crippen LogP contribution is -2.36. The summed E-state index contributed by atoms with van der Waals surface area (Å²) >= 11 is 0. The molecule has 6 heteroatoms. The van der Waals surface area contributed by atoms with E-state index in [-0.39, 0.29) is 10.8 Å². The van der Waals surface area contributed by atoms with Crippen LogP contribution in [0.5, 0.6) is 0 Å². The molecule has 0 spiro atoms. The van der Waals surface area contributed by atoms with Crippen LogP contribution in [0.15, 0.2) is 28.2 Å². The number of rotatable bonds is 6. The van der Waals surface area contributed by atoms with E-state index in [0.717, 1.165) is 6.42 Å². The van der Waals surface area contributed by atoms with Crippen LogP contribution in [-0.4, -0.2) is 30.8 Å². The summed E-state index contributed by atoms with van der Waals surface area (Å²) in [6, 6.07) is 1.23. The van der Waals surface area contributed by atoms with Crippen LogP contribution in [0.1, 0.15) is 27.2 Å². The number of hydrogen-bond acceptors (Lipinski definition) is 3. The van der Waals surface area contributed by atoms with Gasteiger partial charge in [-0.15, -0.1) is 0 Å². The summed E-state index contributed by atoms with van der Waals surface area (Å²) < 4.78 is 26.0. The highest BCUT2D eigenvalue weighted by Crippen LogP contribution is 2.14. The van der Waals surface area contributed by atoms with E-state index >= 15 is 0 Å². The highest BCUT2D eigenvalue weighted by Gasteiger charge is 2.26. The van der Waals surface area contributed by atoms with Crippen molar-refractivity contribution >= 4 is 10.0 Å². The Bertz CT molecular complexity index is 536. The number of nitrogens with one attached hydrogen (secondary N) is 1. The summed E-state index contributed by atoms with van der Waals surface area (Å²) in [5.74, 6) is 0.266. The summed E-state index contributed by atoms with van der Waals surface area (Å²) in [7, 11) is -3.70. The molecule has 1 N–H and O–H groups in total. The van der Waals surface area contributed by atoms with E-state index in [4.69, 9.17) is 0 Å². The lowest BCUT2D eigenvalue weighted by molar-refractivity contribution is 0.361. The monoisotopic (exact) mass is 272 g/mol. The first-order valence-electron chi connectivity index (χ1n) is 6.10. The summed E-state index contributed by atoms with van der Waals surface area (Å²) in [5.41, 5.74) is -0.476. The van der Waals surface area contributed by atoms with Crippen LogP contribution in [0, 0.1) is 5.92 Å². The molecule has 0 fully saturated rings. The van der Waals surface area contributed by atoms with E-state index in [0.29, 0.717) is 13.1 Å². The van der Waals surface area contributed by atoms with Gasteiger partial charge in [-0.05, 0) is 5.92 Å². The van der Waals surface area contributed by atoms with Gasteiger partial charge in [-0.1, -0.05) is 27.2 Å². The molecule has 0 amide bonds. The van der Waals surface area contributed by atoms with Crippen LogP contribution in [0.2, 0.25) is 0 Å². The van der Waals surface area contributed by atoms with Crippen molar-refractivity contribution in [3.63, 3.8) is 0 Å². The molecule has 0 saturated carbocycles. The summed E-state index contributed by atoms with van der Waals surface area (Å²) in [6.07, 6.45) is 3.57. The number of H-pyrrole nitrogens is 1. The molecule has 0 aromatic carbocycles. The van der Waals surface area contributed by atoms with Crippen LogP contribution >= 0.6 is 0 Å². The van der Waals surface area contributed by atoms with Gasteiger partial charge >= 0.3 is 0 Å². The van der Waals surface area contributed by atoms with Crippen molar-refractivity contribution in [1.29, 1.82) is 0 Å². The molecule has 0 radical (unpaired) electrons. The molecule has 0 aliphatic heterocycles. The Balaban J connectivity index is 3.12. The largest absolute Gasteiger partial charge is 0.366 e. The standard InChI is InChI=1S/C12H20N2O3S/c1-4-10(3)9-14(5-2)18(16,17)12-8-13-7-6-11(12)15/h6-8,10H,4-5,9H2,1-3H3,(H,13,15). The second-order valence-electron chi connectivity index (χ2n) is 4.34. The van der Waals surface area contributed by atoms with Crippen LogP contribution in [0.4, 0.5) is 0 Å². The molecule has 1 rings (SSSR count). The van der Waals surface area contributed by atoms with Crippen LogP contribution in [-0.2, 0) is 10.0 Å². The minimum atomic E-state index is -3.70. The fraction of sp³-hybridized carbons (Fsp3) is 0.583. The normalized spacial score (nSPS) is 13.8. The maximum absolute atomic E-state index is 12.3. The Hall–Kier alpha value is -1.14. The lowest BCUT2D eigenvalue weighted by atomic mass is 10.1. The van der Waals surface area contributed by atoms with Crippen LogP contribution in [0.3, 0.4) is 0 Å². The predicted molar refractivity (Wildman–Crippen MR) is 71.0 cm³/mol. The Morgan fingerprint density at radius 3 is 2.56 bits per heavy atom. The first-order chi connectivity index (χ1) is 8.43. The lowest BCUT2D eigenvalue weighted by Gasteiger charge is -2.22. The van der Waals surface area contributed by atoms with Gasteiger partial charge in [0.1, 0.15) is 4.90 Å². The number of aromatic amines is 1. The maximum Gasteiger partial charge on any atom is 0.248 e. The first-order valence-corrected chi connectivity index (χ1v) is 7.54. The second kappa shape index (κ2) is 6.15. The van der Waals surface area contributed by atoms with Crippen molar-refractivity contribution < 1.29 is 8.42 Å². The van der Waals surface area contributed by atoms with Crippen molar-refractivity contribution in [3.05, 3.63) is 28.7 Å². The van der Waals surface area contributed by atoms with Gasteiger partial charge < -0.3 is 4.98 Å². The molecule has 0 saturated heterocycles.